The van der Waals surface area contributed by atoms with Gasteiger partial charge in [-0.15, -0.1) is 24.0 Å². The molecule has 1 N–H and O–H groups in total. The molecule has 0 unspecified atom stereocenters. The van der Waals surface area contributed by atoms with Gasteiger partial charge in [-0.25, -0.2) is 0 Å². The van der Waals surface area contributed by atoms with Crippen molar-refractivity contribution in [1.82, 2.24) is 10.2 Å². The second kappa shape index (κ2) is 16.1. The molecule has 0 fully saturated rings. The SMILES string of the molecule is CCCCOCCOCCNC(=NC)N(C)Cc1ccc(OC)cc1.I. The van der Waals surface area contributed by atoms with Crippen LogP contribution in [0.15, 0.2) is 29.3 Å². The molecule has 7 heteroatoms. The molecule has 0 spiro atoms. The van der Waals surface area contributed by atoms with E-state index >= 15 is 0 Å². The first-order chi connectivity index (χ1) is 12.2. The van der Waals surface area contributed by atoms with Crippen LogP contribution in [0.2, 0.25) is 0 Å². The number of unbranched alkanes of at least 4 members (excludes halogenated alkanes) is 1. The molecule has 1 aromatic rings. The molecule has 1 aromatic carbocycles. The molecule has 0 aromatic heterocycles. The maximum atomic E-state index is 5.56. The zero-order chi connectivity index (χ0) is 18.3. The van der Waals surface area contributed by atoms with Crippen LogP contribution < -0.4 is 10.1 Å². The van der Waals surface area contributed by atoms with Gasteiger partial charge in [-0.3, -0.25) is 4.99 Å². The van der Waals surface area contributed by atoms with Gasteiger partial charge >= 0.3 is 0 Å². The summed E-state index contributed by atoms with van der Waals surface area (Å²) >= 11 is 0. The fourth-order valence-electron chi connectivity index (χ4n) is 2.27. The average Bonchev–Trinajstić information content (AvgIpc) is 2.64. The molecule has 0 heterocycles. The Hall–Kier alpha value is -1.06. The lowest BCUT2D eigenvalue weighted by Crippen LogP contribution is -2.40. The van der Waals surface area contributed by atoms with E-state index in [9.17, 15) is 0 Å². The highest BCUT2D eigenvalue weighted by atomic mass is 127. The normalized spacial score (nSPS) is 11.0. The summed E-state index contributed by atoms with van der Waals surface area (Å²) in [5.41, 5.74) is 1.20. The Labute approximate surface area is 175 Å². The van der Waals surface area contributed by atoms with Gasteiger partial charge in [0.2, 0.25) is 0 Å². The molecule has 0 saturated carbocycles. The fraction of sp³-hybridized carbons (Fsp3) is 0.632. The quantitative estimate of drug-likeness (QED) is 0.216. The molecule has 0 radical (unpaired) electrons. The highest BCUT2D eigenvalue weighted by Crippen LogP contribution is 2.12. The second-order valence-electron chi connectivity index (χ2n) is 5.76. The highest BCUT2D eigenvalue weighted by molar-refractivity contribution is 14.0. The summed E-state index contributed by atoms with van der Waals surface area (Å²) in [5.74, 6) is 1.71. The zero-order valence-corrected chi connectivity index (χ0v) is 18.8. The smallest absolute Gasteiger partial charge is 0.193 e. The third-order valence-corrected chi connectivity index (χ3v) is 3.70. The van der Waals surface area contributed by atoms with Crippen LogP contribution in [0, 0.1) is 0 Å². The van der Waals surface area contributed by atoms with Crippen LogP contribution in [0.1, 0.15) is 25.3 Å². The minimum absolute atomic E-state index is 0. The van der Waals surface area contributed by atoms with Crippen LogP contribution in [0.5, 0.6) is 5.75 Å². The van der Waals surface area contributed by atoms with Gasteiger partial charge in [0.25, 0.3) is 0 Å². The molecule has 0 aliphatic rings. The number of aliphatic imine (C=N–C) groups is 1. The number of nitrogens with one attached hydrogen (secondary N) is 1. The van der Waals surface area contributed by atoms with E-state index in [-0.39, 0.29) is 24.0 Å². The van der Waals surface area contributed by atoms with Crippen LogP contribution >= 0.6 is 24.0 Å². The van der Waals surface area contributed by atoms with E-state index < -0.39 is 0 Å². The van der Waals surface area contributed by atoms with Crippen molar-refractivity contribution in [3.8, 4) is 5.75 Å². The lowest BCUT2D eigenvalue weighted by atomic mass is 10.2. The van der Waals surface area contributed by atoms with Crippen molar-refractivity contribution in [2.75, 3.05) is 54.2 Å². The van der Waals surface area contributed by atoms with Crippen molar-refractivity contribution >= 4 is 29.9 Å². The summed E-state index contributed by atoms with van der Waals surface area (Å²) in [7, 11) is 5.48. The Morgan fingerprint density at radius 1 is 1.08 bits per heavy atom. The summed E-state index contributed by atoms with van der Waals surface area (Å²) in [5, 5.41) is 3.31. The molecular formula is C19H34IN3O3. The van der Waals surface area contributed by atoms with E-state index in [1.54, 1.807) is 14.2 Å². The van der Waals surface area contributed by atoms with Gasteiger partial charge in [-0.05, 0) is 24.1 Å². The van der Waals surface area contributed by atoms with Crippen molar-refractivity contribution in [2.45, 2.75) is 26.3 Å². The molecule has 26 heavy (non-hydrogen) atoms. The summed E-state index contributed by atoms with van der Waals surface area (Å²) in [4.78, 5) is 6.39. The minimum Gasteiger partial charge on any atom is -0.497 e. The molecular weight excluding hydrogens is 445 g/mol. The first kappa shape index (κ1) is 24.9. The van der Waals surface area contributed by atoms with Crippen LogP contribution in [0.4, 0.5) is 0 Å². The zero-order valence-electron chi connectivity index (χ0n) is 16.5. The molecule has 1 rings (SSSR count). The van der Waals surface area contributed by atoms with Crippen LogP contribution in [-0.4, -0.2) is 65.0 Å². The molecule has 150 valence electrons. The Balaban J connectivity index is 0.00000625. The number of hydrogen-bond donors (Lipinski definition) is 1. The van der Waals surface area contributed by atoms with Gasteiger partial charge in [-0.1, -0.05) is 25.5 Å². The van der Waals surface area contributed by atoms with Crippen LogP contribution in [-0.2, 0) is 16.0 Å². The summed E-state index contributed by atoms with van der Waals surface area (Å²) in [6, 6.07) is 8.06. The van der Waals surface area contributed by atoms with E-state index in [1.165, 1.54) is 5.56 Å². The Morgan fingerprint density at radius 3 is 2.31 bits per heavy atom. The average molecular weight is 479 g/mol. The minimum atomic E-state index is 0. The van der Waals surface area contributed by atoms with Crippen molar-refractivity contribution in [3.63, 3.8) is 0 Å². The van der Waals surface area contributed by atoms with E-state index in [0.717, 1.165) is 37.7 Å². The van der Waals surface area contributed by atoms with E-state index in [0.29, 0.717) is 26.4 Å². The fourth-order valence-corrected chi connectivity index (χ4v) is 2.27. The monoisotopic (exact) mass is 479 g/mol. The third-order valence-electron chi connectivity index (χ3n) is 3.70. The number of hydrogen-bond acceptors (Lipinski definition) is 4. The van der Waals surface area contributed by atoms with Gasteiger partial charge < -0.3 is 24.4 Å². The molecule has 0 aliphatic heterocycles. The maximum Gasteiger partial charge on any atom is 0.193 e. The molecule has 0 atom stereocenters. The number of guanidine groups is 1. The van der Waals surface area contributed by atoms with E-state index in [4.69, 9.17) is 14.2 Å². The Kier molecular flexibility index (Phi) is 15.5. The predicted molar refractivity (Wildman–Crippen MR) is 118 cm³/mol. The summed E-state index contributed by atoms with van der Waals surface area (Å²) < 4.78 is 16.2. The molecule has 6 nitrogen and oxygen atoms in total. The van der Waals surface area contributed by atoms with Crippen molar-refractivity contribution < 1.29 is 14.2 Å². The number of methoxy groups -OCH3 is 1. The first-order valence-electron chi connectivity index (χ1n) is 8.91. The Bertz CT molecular complexity index is 483. The second-order valence-corrected chi connectivity index (χ2v) is 5.76. The van der Waals surface area contributed by atoms with Crippen molar-refractivity contribution in [3.05, 3.63) is 29.8 Å². The van der Waals surface area contributed by atoms with Gasteiger partial charge in [0.1, 0.15) is 5.75 Å². The predicted octanol–water partition coefficient (Wildman–Crippen LogP) is 3.15. The Morgan fingerprint density at radius 2 is 1.73 bits per heavy atom. The van der Waals surface area contributed by atoms with E-state index in [2.05, 4.69) is 34.3 Å². The van der Waals surface area contributed by atoms with Gasteiger partial charge in [0, 0.05) is 33.8 Å². The number of rotatable bonds is 12. The third kappa shape index (κ3) is 10.8. The molecule has 0 amide bonds. The largest absolute Gasteiger partial charge is 0.497 e. The molecule has 0 bridgehead atoms. The van der Waals surface area contributed by atoms with Crippen LogP contribution in [0.3, 0.4) is 0 Å². The summed E-state index contributed by atoms with van der Waals surface area (Å²) in [6.45, 7) is 6.39. The van der Waals surface area contributed by atoms with Gasteiger partial charge in [0.15, 0.2) is 5.96 Å². The summed E-state index contributed by atoms with van der Waals surface area (Å²) in [6.07, 6.45) is 2.27. The van der Waals surface area contributed by atoms with Gasteiger partial charge in [0.05, 0.1) is 26.9 Å². The molecule has 0 aliphatic carbocycles. The lowest BCUT2D eigenvalue weighted by Gasteiger charge is -2.22. The number of nitrogens with zero attached hydrogens (tertiary/aromatic N) is 2. The van der Waals surface area contributed by atoms with E-state index in [1.807, 2.05) is 19.2 Å². The number of halogens is 1. The molecule has 0 saturated heterocycles. The maximum absolute atomic E-state index is 5.56. The van der Waals surface area contributed by atoms with Crippen molar-refractivity contribution in [1.29, 1.82) is 0 Å². The topological polar surface area (TPSA) is 55.3 Å². The van der Waals surface area contributed by atoms with Gasteiger partial charge in [-0.2, -0.15) is 0 Å². The highest BCUT2D eigenvalue weighted by Gasteiger charge is 2.06. The lowest BCUT2D eigenvalue weighted by molar-refractivity contribution is 0.0486. The standard InChI is InChI=1S/C19H33N3O3.HI/c1-5-6-12-24-14-15-25-13-11-21-19(20-2)22(3)16-17-7-9-18(23-4)10-8-17;/h7-10H,5-6,11-16H2,1-4H3,(H,20,21);1H. The number of ether oxygens (including phenoxy) is 3. The number of benzene rings is 1. The first-order valence-corrected chi connectivity index (χ1v) is 8.91. The van der Waals surface area contributed by atoms with Crippen LogP contribution in [0.25, 0.3) is 0 Å². The van der Waals surface area contributed by atoms with Crippen molar-refractivity contribution in [2.24, 2.45) is 4.99 Å².